The van der Waals surface area contributed by atoms with E-state index in [0.29, 0.717) is 42.4 Å². The molecule has 0 saturated carbocycles. The number of pyridine rings is 1. The first-order valence-corrected chi connectivity index (χ1v) is 18.0. The van der Waals surface area contributed by atoms with Crippen LogP contribution < -0.4 is 15.5 Å². The molecule has 1 fully saturated rings. The molecule has 10 nitrogen and oxygen atoms in total. The molecule has 39 heavy (non-hydrogen) atoms. The van der Waals surface area contributed by atoms with Crippen molar-refractivity contribution in [1.29, 1.82) is 0 Å². The molecule has 4 heterocycles. The molecule has 0 radical (unpaired) electrons. The fourth-order valence-corrected chi connectivity index (χ4v) is 6.14. The minimum absolute atomic E-state index is 0.0801. The molecule has 0 bridgehead atoms. The molecule has 0 spiro atoms. The van der Waals surface area contributed by atoms with E-state index in [1.165, 1.54) is 0 Å². The number of nitrogens with one attached hydrogen (secondary N) is 2. The van der Waals surface area contributed by atoms with Crippen LogP contribution in [0.5, 0.6) is 0 Å². The normalized spacial score (nSPS) is 18.0. The summed E-state index contributed by atoms with van der Waals surface area (Å²) in [7, 11) is 2.36. The zero-order chi connectivity index (χ0) is 28.3. The van der Waals surface area contributed by atoms with Gasteiger partial charge in [0.2, 0.25) is 0 Å². The summed E-state index contributed by atoms with van der Waals surface area (Å²) in [5, 5.41) is 7.86. The average molecular weight is 618 g/mol. The van der Waals surface area contributed by atoms with Gasteiger partial charge in [0.15, 0.2) is 0 Å². The van der Waals surface area contributed by atoms with Crippen molar-refractivity contribution < 1.29 is 9.53 Å². The zero-order valence-electron chi connectivity index (χ0n) is 24.1. The van der Waals surface area contributed by atoms with E-state index in [2.05, 4.69) is 74.9 Å². The third kappa shape index (κ3) is 7.36. The lowest BCUT2D eigenvalue weighted by atomic mass is 10.1. The summed E-state index contributed by atoms with van der Waals surface area (Å²) in [6.07, 6.45) is 3.53. The molecule has 0 aromatic carbocycles. The Balaban J connectivity index is 1.58. The Morgan fingerprint density at radius 2 is 1.92 bits per heavy atom. The summed E-state index contributed by atoms with van der Waals surface area (Å²) in [5.74, 6) is 1.47. The lowest BCUT2D eigenvalue weighted by Crippen LogP contribution is -2.54. The first kappa shape index (κ1) is 29.4. The minimum atomic E-state index is -1.16. The quantitative estimate of drug-likeness (QED) is 0.255. The number of ether oxygens (including phenoxy) is 1. The van der Waals surface area contributed by atoms with Crippen molar-refractivity contribution in [1.82, 2.24) is 29.7 Å². The van der Waals surface area contributed by atoms with Gasteiger partial charge in [0.25, 0.3) is 5.91 Å². The van der Waals surface area contributed by atoms with Gasteiger partial charge >= 0.3 is 0 Å². The van der Waals surface area contributed by atoms with Gasteiger partial charge in [-0.05, 0) is 48.0 Å². The molecule has 212 valence electrons. The highest BCUT2D eigenvalue weighted by atomic mass is 79.9. The third-order valence-electron chi connectivity index (χ3n) is 6.73. The molecule has 1 aliphatic heterocycles. The van der Waals surface area contributed by atoms with Gasteiger partial charge in [-0.1, -0.05) is 19.6 Å². The monoisotopic (exact) mass is 616 g/mol. The molecule has 1 amide bonds. The lowest BCUT2D eigenvalue weighted by Gasteiger charge is -2.37. The Hall–Kier alpha value is -2.54. The van der Waals surface area contributed by atoms with Crippen molar-refractivity contribution in [2.45, 2.75) is 64.9 Å². The van der Waals surface area contributed by atoms with E-state index in [0.717, 1.165) is 47.1 Å². The van der Waals surface area contributed by atoms with Crippen molar-refractivity contribution in [3.8, 4) is 0 Å². The van der Waals surface area contributed by atoms with E-state index in [1.54, 1.807) is 25.3 Å². The van der Waals surface area contributed by atoms with Crippen LogP contribution in [0.4, 0.5) is 11.6 Å². The van der Waals surface area contributed by atoms with Crippen LogP contribution in [0, 0.1) is 0 Å². The summed E-state index contributed by atoms with van der Waals surface area (Å²) in [6, 6.07) is 5.66. The van der Waals surface area contributed by atoms with Gasteiger partial charge in [-0.3, -0.25) is 4.79 Å². The fraction of sp³-hybridized carbons (Fsp3) is 0.556. The molecular weight excluding hydrogens is 576 g/mol. The number of rotatable bonds is 10. The predicted octanol–water partition coefficient (Wildman–Crippen LogP) is 4.40. The van der Waals surface area contributed by atoms with Crippen LogP contribution >= 0.6 is 15.9 Å². The van der Waals surface area contributed by atoms with E-state index in [4.69, 9.17) is 9.72 Å². The van der Waals surface area contributed by atoms with Crippen LogP contribution in [-0.2, 0) is 18.0 Å². The summed E-state index contributed by atoms with van der Waals surface area (Å²) in [4.78, 5) is 30.9. The molecule has 3 aromatic heterocycles. The van der Waals surface area contributed by atoms with Crippen LogP contribution in [0.1, 0.15) is 29.9 Å². The van der Waals surface area contributed by atoms with Crippen LogP contribution in [0.3, 0.4) is 0 Å². The number of fused-ring (bicyclic) bond motifs is 1. The van der Waals surface area contributed by atoms with Crippen molar-refractivity contribution in [3.63, 3.8) is 0 Å². The molecule has 3 aromatic rings. The number of carbonyl (C=O) groups is 1. The van der Waals surface area contributed by atoms with Crippen LogP contribution in [0.25, 0.3) is 11.0 Å². The Bertz CT molecular complexity index is 1300. The van der Waals surface area contributed by atoms with Crippen molar-refractivity contribution in [3.05, 3.63) is 40.4 Å². The molecule has 4 rings (SSSR count). The standard InChI is InChI=1S/C27H41BrN8O2Si/c1-18-13-35(14-19(2)32-18)23-9-8-20(27(37)34(3)4)22(33-23)12-29-25-24-21(28)15-36(26(24)31-16-30-25)17-38-10-11-39(5,6)7/h8-9,15-16,18-19,32H,10-14,17H2,1-7H3,(H,29,30,31)/t18-,19+. The Kier molecular flexibility index (Phi) is 9.30. The Morgan fingerprint density at radius 1 is 1.21 bits per heavy atom. The highest BCUT2D eigenvalue weighted by molar-refractivity contribution is 9.10. The second-order valence-electron chi connectivity index (χ2n) is 11.8. The summed E-state index contributed by atoms with van der Waals surface area (Å²) >= 11 is 3.69. The number of halogens is 1. The minimum Gasteiger partial charge on any atom is -0.364 e. The maximum atomic E-state index is 13.0. The first-order chi connectivity index (χ1) is 18.4. The maximum absolute atomic E-state index is 13.0. The van der Waals surface area contributed by atoms with Gasteiger partial charge in [0.1, 0.15) is 30.3 Å². The molecule has 0 unspecified atom stereocenters. The number of amides is 1. The fourth-order valence-electron chi connectivity index (χ4n) is 4.77. The molecular formula is C27H41BrN8O2Si. The predicted molar refractivity (Wildman–Crippen MR) is 163 cm³/mol. The number of nitrogens with zero attached hydrogens (tertiary/aromatic N) is 6. The van der Waals surface area contributed by atoms with Crippen molar-refractivity contribution in [2.24, 2.45) is 0 Å². The second-order valence-corrected chi connectivity index (χ2v) is 18.3. The Morgan fingerprint density at radius 3 is 2.59 bits per heavy atom. The summed E-state index contributed by atoms with van der Waals surface area (Å²) in [6.45, 7) is 14.6. The van der Waals surface area contributed by atoms with Crippen molar-refractivity contribution in [2.75, 3.05) is 44.0 Å². The van der Waals surface area contributed by atoms with E-state index < -0.39 is 8.07 Å². The summed E-state index contributed by atoms with van der Waals surface area (Å²) in [5.41, 5.74) is 2.04. The zero-order valence-corrected chi connectivity index (χ0v) is 26.7. The molecule has 0 aliphatic carbocycles. The summed E-state index contributed by atoms with van der Waals surface area (Å²) < 4.78 is 8.84. The number of hydrogen-bond acceptors (Lipinski definition) is 8. The number of aromatic nitrogens is 4. The molecule has 2 atom stereocenters. The molecule has 12 heteroatoms. The molecule has 1 saturated heterocycles. The topological polar surface area (TPSA) is 100 Å². The maximum Gasteiger partial charge on any atom is 0.255 e. The smallest absolute Gasteiger partial charge is 0.255 e. The van der Waals surface area contributed by atoms with Gasteiger partial charge in [-0.2, -0.15) is 0 Å². The highest BCUT2D eigenvalue weighted by Gasteiger charge is 2.24. The Labute approximate surface area is 240 Å². The largest absolute Gasteiger partial charge is 0.364 e. The second kappa shape index (κ2) is 12.3. The van der Waals surface area contributed by atoms with Crippen LogP contribution in [0.15, 0.2) is 29.1 Å². The third-order valence-corrected chi connectivity index (χ3v) is 9.04. The SMILES string of the molecule is C[C@@H]1CN(c2ccc(C(=O)N(C)C)c(CNc3ncnc4c3c(Br)cn4COCC[Si](C)(C)C)n2)C[C@H](C)N1. The lowest BCUT2D eigenvalue weighted by molar-refractivity contribution is 0.0826. The molecule has 2 N–H and O–H groups in total. The van der Waals surface area contributed by atoms with Gasteiger partial charge in [0.05, 0.1) is 23.2 Å². The van der Waals surface area contributed by atoms with E-state index in [1.807, 2.05) is 22.9 Å². The van der Waals surface area contributed by atoms with Gasteiger partial charge in [-0.15, -0.1) is 0 Å². The average Bonchev–Trinajstić information content (AvgIpc) is 3.19. The van der Waals surface area contributed by atoms with Gasteiger partial charge in [0, 0.05) is 64.6 Å². The van der Waals surface area contributed by atoms with E-state index >= 15 is 0 Å². The van der Waals surface area contributed by atoms with E-state index in [-0.39, 0.29) is 5.91 Å². The van der Waals surface area contributed by atoms with Crippen molar-refractivity contribution >= 4 is 52.6 Å². The molecule has 1 aliphatic rings. The highest BCUT2D eigenvalue weighted by Crippen LogP contribution is 2.30. The number of carbonyl (C=O) groups excluding carboxylic acids is 1. The van der Waals surface area contributed by atoms with Crippen LogP contribution in [0.2, 0.25) is 25.7 Å². The number of piperazine rings is 1. The van der Waals surface area contributed by atoms with E-state index in [9.17, 15) is 4.79 Å². The number of anilines is 2. The van der Waals surface area contributed by atoms with Gasteiger partial charge in [-0.25, -0.2) is 15.0 Å². The number of hydrogen-bond donors (Lipinski definition) is 2. The first-order valence-electron chi connectivity index (χ1n) is 13.5. The van der Waals surface area contributed by atoms with Gasteiger partial charge < -0.3 is 29.7 Å². The van der Waals surface area contributed by atoms with Crippen LogP contribution in [-0.4, -0.2) is 84.3 Å².